The Morgan fingerprint density at radius 1 is 0.880 bits per heavy atom. The third-order valence-electron chi connectivity index (χ3n) is 5.13. The number of aliphatic hydroxyl groups excluding tert-OH is 1. The Hall–Kier alpha value is -1.42. The lowest BCUT2D eigenvalue weighted by molar-refractivity contribution is 0.117. The Morgan fingerprint density at radius 2 is 1.32 bits per heavy atom. The quantitative estimate of drug-likeness (QED) is 0.761. The molecule has 0 bridgehead atoms. The molecule has 0 unspecified atom stereocenters. The van der Waals surface area contributed by atoms with Crippen LogP contribution in [0.5, 0.6) is 0 Å². The fourth-order valence-electron chi connectivity index (χ4n) is 3.40. The van der Waals surface area contributed by atoms with Crippen LogP contribution in [0.25, 0.3) is 0 Å². The highest BCUT2D eigenvalue weighted by atomic mass is 28.4. The Balaban J connectivity index is 2.46. The van der Waals surface area contributed by atoms with Crippen molar-refractivity contribution in [3.8, 4) is 0 Å². The molecule has 0 saturated carbocycles. The maximum absolute atomic E-state index is 9.80. The topological polar surface area (TPSA) is 29.5 Å². The van der Waals surface area contributed by atoms with Crippen LogP contribution in [-0.2, 0) is 4.43 Å². The fraction of sp³-hybridized carbons (Fsp3) is 0.455. The maximum Gasteiger partial charge on any atom is 0.261 e. The molecule has 0 spiro atoms. The van der Waals surface area contributed by atoms with Gasteiger partial charge in [-0.25, -0.2) is 0 Å². The SMILES string of the molecule is C[C@H](O)[C@H](C)CCO[Si](c1ccccc1)(c1ccccc1)C(C)(C)C. The van der Waals surface area contributed by atoms with Crippen LogP contribution in [0.3, 0.4) is 0 Å². The molecule has 0 aliphatic heterocycles. The van der Waals surface area contributed by atoms with Gasteiger partial charge in [0.25, 0.3) is 8.32 Å². The number of aliphatic hydroxyl groups is 1. The van der Waals surface area contributed by atoms with Gasteiger partial charge in [0, 0.05) is 6.61 Å². The third-order valence-corrected chi connectivity index (χ3v) is 10.2. The van der Waals surface area contributed by atoms with E-state index in [2.05, 4.69) is 88.4 Å². The van der Waals surface area contributed by atoms with Crippen molar-refractivity contribution in [1.29, 1.82) is 0 Å². The van der Waals surface area contributed by atoms with E-state index in [0.717, 1.165) is 6.42 Å². The Morgan fingerprint density at radius 3 is 1.68 bits per heavy atom. The van der Waals surface area contributed by atoms with Gasteiger partial charge >= 0.3 is 0 Å². The fourth-order valence-corrected chi connectivity index (χ4v) is 7.98. The summed E-state index contributed by atoms with van der Waals surface area (Å²) in [5.41, 5.74) is 0. The highest BCUT2D eigenvalue weighted by Crippen LogP contribution is 2.36. The molecular formula is C22H32O2Si. The van der Waals surface area contributed by atoms with Gasteiger partial charge in [-0.1, -0.05) is 88.4 Å². The first kappa shape index (κ1) is 19.9. The lowest BCUT2D eigenvalue weighted by Crippen LogP contribution is -2.66. The highest BCUT2D eigenvalue weighted by molar-refractivity contribution is 6.99. The Labute approximate surface area is 154 Å². The number of benzene rings is 2. The van der Waals surface area contributed by atoms with Gasteiger partial charge in [0.2, 0.25) is 0 Å². The van der Waals surface area contributed by atoms with Crippen molar-refractivity contribution < 1.29 is 9.53 Å². The zero-order valence-electron chi connectivity index (χ0n) is 16.2. The average Bonchev–Trinajstić information content (AvgIpc) is 2.59. The van der Waals surface area contributed by atoms with E-state index in [1.807, 2.05) is 6.92 Å². The van der Waals surface area contributed by atoms with Crippen LogP contribution in [0, 0.1) is 5.92 Å². The summed E-state index contributed by atoms with van der Waals surface area (Å²) in [6.07, 6.45) is 0.560. The summed E-state index contributed by atoms with van der Waals surface area (Å²) in [6.45, 7) is 11.5. The van der Waals surface area contributed by atoms with Crippen LogP contribution < -0.4 is 10.4 Å². The molecule has 0 heterocycles. The first-order chi connectivity index (χ1) is 11.8. The van der Waals surface area contributed by atoms with Gasteiger partial charge in [0.05, 0.1) is 6.10 Å². The zero-order chi connectivity index (χ0) is 18.5. The van der Waals surface area contributed by atoms with E-state index in [4.69, 9.17) is 4.43 Å². The number of hydrogen-bond acceptors (Lipinski definition) is 2. The van der Waals surface area contributed by atoms with Crippen LogP contribution >= 0.6 is 0 Å². The summed E-state index contributed by atoms with van der Waals surface area (Å²) in [7, 11) is -2.43. The second-order valence-electron chi connectivity index (χ2n) is 8.02. The van der Waals surface area contributed by atoms with Crippen molar-refractivity contribution in [2.45, 2.75) is 52.2 Å². The van der Waals surface area contributed by atoms with Crippen molar-refractivity contribution in [3.05, 3.63) is 60.7 Å². The molecular weight excluding hydrogens is 324 g/mol. The molecule has 0 amide bonds. The van der Waals surface area contributed by atoms with E-state index >= 15 is 0 Å². The van der Waals surface area contributed by atoms with Gasteiger partial charge in [0.15, 0.2) is 0 Å². The molecule has 2 aromatic carbocycles. The monoisotopic (exact) mass is 356 g/mol. The minimum absolute atomic E-state index is 0.00375. The molecule has 0 aliphatic carbocycles. The normalized spacial score (nSPS) is 15.0. The first-order valence-electron chi connectivity index (χ1n) is 9.22. The smallest absolute Gasteiger partial charge is 0.261 e. The maximum atomic E-state index is 9.80. The molecule has 3 heteroatoms. The molecule has 0 aromatic heterocycles. The lowest BCUT2D eigenvalue weighted by Gasteiger charge is -2.43. The summed E-state index contributed by atoms with van der Waals surface area (Å²) < 4.78 is 6.81. The van der Waals surface area contributed by atoms with Gasteiger partial charge < -0.3 is 9.53 Å². The lowest BCUT2D eigenvalue weighted by atomic mass is 10.0. The molecule has 2 nitrogen and oxygen atoms in total. The van der Waals surface area contributed by atoms with Crippen molar-refractivity contribution >= 4 is 18.7 Å². The van der Waals surface area contributed by atoms with Crippen LogP contribution in [0.15, 0.2) is 60.7 Å². The predicted molar refractivity (Wildman–Crippen MR) is 109 cm³/mol. The Bertz CT molecular complexity index is 593. The largest absolute Gasteiger partial charge is 0.407 e. The molecule has 2 aromatic rings. The zero-order valence-corrected chi connectivity index (χ0v) is 17.2. The molecule has 2 rings (SSSR count). The summed E-state index contributed by atoms with van der Waals surface area (Å²) in [4.78, 5) is 0. The van der Waals surface area contributed by atoms with E-state index in [-0.39, 0.29) is 17.1 Å². The average molecular weight is 357 g/mol. The molecule has 0 radical (unpaired) electrons. The van der Waals surface area contributed by atoms with E-state index < -0.39 is 8.32 Å². The standard InChI is InChI=1S/C22H32O2Si/c1-18(19(2)23)16-17-24-25(22(3,4)5,20-12-8-6-9-13-20)21-14-10-7-11-15-21/h6-15,18-19,23H,16-17H2,1-5H3/t18-,19+/m1/s1. The molecule has 1 N–H and O–H groups in total. The summed E-state index contributed by atoms with van der Waals surface area (Å²) in [6, 6.07) is 21.4. The van der Waals surface area contributed by atoms with Gasteiger partial charge in [-0.15, -0.1) is 0 Å². The molecule has 2 atom stereocenters. The number of rotatable bonds is 7. The second-order valence-corrected chi connectivity index (χ2v) is 12.3. The highest BCUT2D eigenvalue weighted by Gasteiger charge is 2.49. The van der Waals surface area contributed by atoms with Crippen LogP contribution in [0.4, 0.5) is 0 Å². The summed E-state index contributed by atoms with van der Waals surface area (Å²) >= 11 is 0. The molecule has 136 valence electrons. The van der Waals surface area contributed by atoms with E-state index in [0.29, 0.717) is 6.61 Å². The van der Waals surface area contributed by atoms with E-state index in [1.54, 1.807) is 0 Å². The van der Waals surface area contributed by atoms with Gasteiger partial charge in [-0.2, -0.15) is 0 Å². The minimum atomic E-state index is -2.43. The van der Waals surface area contributed by atoms with Crippen molar-refractivity contribution in [1.82, 2.24) is 0 Å². The molecule has 0 fully saturated rings. The second kappa shape index (κ2) is 8.30. The predicted octanol–water partition coefficient (Wildman–Crippen LogP) is 3.97. The van der Waals surface area contributed by atoms with Gasteiger partial charge in [-0.3, -0.25) is 0 Å². The van der Waals surface area contributed by atoms with Crippen molar-refractivity contribution in [3.63, 3.8) is 0 Å². The van der Waals surface area contributed by atoms with E-state index in [1.165, 1.54) is 10.4 Å². The van der Waals surface area contributed by atoms with Crippen LogP contribution in [0.1, 0.15) is 41.0 Å². The minimum Gasteiger partial charge on any atom is -0.407 e. The van der Waals surface area contributed by atoms with E-state index in [9.17, 15) is 5.11 Å². The first-order valence-corrected chi connectivity index (χ1v) is 11.1. The Kier molecular flexibility index (Phi) is 6.61. The summed E-state index contributed by atoms with van der Waals surface area (Å²) in [5.74, 6) is 0.234. The number of hydrogen-bond donors (Lipinski definition) is 1. The molecule has 0 saturated heterocycles. The van der Waals surface area contributed by atoms with Crippen molar-refractivity contribution in [2.24, 2.45) is 5.92 Å². The van der Waals surface area contributed by atoms with Gasteiger partial charge in [-0.05, 0) is 34.7 Å². The summed E-state index contributed by atoms with van der Waals surface area (Å²) in [5, 5.41) is 12.4. The van der Waals surface area contributed by atoms with Gasteiger partial charge in [0.1, 0.15) is 0 Å². The van der Waals surface area contributed by atoms with Crippen LogP contribution in [0.2, 0.25) is 5.04 Å². The van der Waals surface area contributed by atoms with Crippen molar-refractivity contribution in [2.75, 3.05) is 6.61 Å². The molecule has 25 heavy (non-hydrogen) atoms. The third kappa shape index (κ3) is 4.41. The molecule has 0 aliphatic rings. The van der Waals surface area contributed by atoms with Crippen LogP contribution in [-0.4, -0.2) is 26.1 Å².